The van der Waals surface area contributed by atoms with Gasteiger partial charge >= 0.3 is 0 Å². The van der Waals surface area contributed by atoms with Crippen molar-refractivity contribution in [3.05, 3.63) is 198 Å². The number of hydrogen-bond donors (Lipinski definition) is 0. The number of fused-ring (bicyclic) bond motifs is 3. The molecule has 0 aromatic heterocycles. The summed E-state index contributed by atoms with van der Waals surface area (Å²) in [6.07, 6.45) is 0. The van der Waals surface area contributed by atoms with Gasteiger partial charge in [-0.3, -0.25) is 0 Å². The van der Waals surface area contributed by atoms with Crippen molar-refractivity contribution in [2.45, 2.75) is 5.41 Å². The lowest BCUT2D eigenvalue weighted by molar-refractivity contribution is 0.766. The average Bonchev–Trinajstić information content (AvgIpc) is 3.39. The number of hydrogen-bond acceptors (Lipinski definition) is 0. The second kappa shape index (κ2) is 12.5. The molecule has 1 aliphatic carbocycles. The van der Waals surface area contributed by atoms with Gasteiger partial charge in [0.2, 0.25) is 0 Å². The van der Waals surface area contributed by atoms with Crippen LogP contribution in [0.1, 0.15) is 22.3 Å². The van der Waals surface area contributed by atoms with E-state index in [-0.39, 0.29) is 0 Å². The fourth-order valence-corrected chi connectivity index (χ4v) is 9.91. The maximum atomic E-state index is 3.85. The minimum absolute atomic E-state index is 0.619. The van der Waals surface area contributed by atoms with Crippen LogP contribution in [0.3, 0.4) is 0 Å². The van der Waals surface area contributed by atoms with Crippen LogP contribution < -0.4 is 0 Å². The van der Waals surface area contributed by atoms with Crippen LogP contribution in [0.15, 0.2) is 176 Å². The maximum Gasteiger partial charge on any atom is 0.0715 e. The van der Waals surface area contributed by atoms with Gasteiger partial charge in [0.15, 0.2) is 0 Å². The summed E-state index contributed by atoms with van der Waals surface area (Å²) in [6.45, 7) is 0. The Morgan fingerprint density at radius 2 is 0.830 bits per heavy atom. The highest BCUT2D eigenvalue weighted by molar-refractivity contribution is 9.11. The molecule has 0 heterocycles. The Morgan fingerprint density at radius 1 is 0.319 bits per heavy atom. The average molecular weight is 862 g/mol. The molecule has 0 nitrogen and oxygen atoms in total. The fraction of sp³-hybridized carbons (Fsp3) is 0.0233. The largest absolute Gasteiger partial charge is 0.0715 e. The minimum Gasteiger partial charge on any atom is -0.0622 e. The van der Waals surface area contributed by atoms with Crippen LogP contribution in [0.4, 0.5) is 0 Å². The first-order valence-corrected chi connectivity index (χ1v) is 18.5. The van der Waals surface area contributed by atoms with Crippen molar-refractivity contribution in [3.8, 4) is 44.5 Å². The monoisotopic (exact) mass is 858 g/mol. The van der Waals surface area contributed by atoms with E-state index in [1.165, 1.54) is 66.8 Å². The number of benzene rings is 7. The van der Waals surface area contributed by atoms with E-state index >= 15 is 0 Å². The lowest BCUT2D eigenvalue weighted by Gasteiger charge is -2.35. The summed E-state index contributed by atoms with van der Waals surface area (Å²) in [5, 5.41) is 0. The van der Waals surface area contributed by atoms with Crippen LogP contribution in [0.25, 0.3) is 44.5 Å². The van der Waals surface area contributed by atoms with E-state index in [0.29, 0.717) is 0 Å². The summed E-state index contributed by atoms with van der Waals surface area (Å²) < 4.78 is 4.09. The van der Waals surface area contributed by atoms with E-state index in [1.807, 2.05) is 0 Å². The highest BCUT2D eigenvalue weighted by Crippen LogP contribution is 2.60. The Bertz CT molecular complexity index is 2200. The smallest absolute Gasteiger partial charge is 0.0622 e. The third kappa shape index (κ3) is 5.31. The van der Waals surface area contributed by atoms with Gasteiger partial charge in [0.25, 0.3) is 0 Å². The molecule has 4 heteroatoms. The Hall–Kier alpha value is -3.54. The molecule has 0 saturated heterocycles. The Balaban J connectivity index is 1.54. The van der Waals surface area contributed by atoms with Crippen molar-refractivity contribution in [2.75, 3.05) is 0 Å². The number of halogens is 4. The summed E-state index contributed by atoms with van der Waals surface area (Å²) in [6, 6.07) is 57.4. The second-order valence-corrected chi connectivity index (χ2v) is 15.5. The molecular weight excluding hydrogens is 836 g/mol. The Labute approximate surface area is 309 Å². The van der Waals surface area contributed by atoms with Crippen molar-refractivity contribution in [1.29, 1.82) is 0 Å². The molecule has 0 unspecified atom stereocenters. The molecule has 7 aromatic carbocycles. The van der Waals surface area contributed by atoms with Gasteiger partial charge < -0.3 is 0 Å². The molecular formula is C43H26Br4. The summed E-state index contributed by atoms with van der Waals surface area (Å²) in [4.78, 5) is 0. The normalized spacial score (nSPS) is 12.9. The van der Waals surface area contributed by atoms with Crippen molar-refractivity contribution < 1.29 is 0 Å². The molecule has 0 spiro atoms. The molecule has 8 rings (SSSR count). The highest BCUT2D eigenvalue weighted by Gasteiger charge is 2.47. The van der Waals surface area contributed by atoms with E-state index in [9.17, 15) is 0 Å². The summed E-state index contributed by atoms with van der Waals surface area (Å²) in [7, 11) is 0. The SMILES string of the molecule is Brc1cc(Br)cc(C2(c3cc(Br)cc(Br)c3)c3cc(-c4ccccc4)ccc3-c3c(-c4ccccc4-c4ccccc4)cccc32)c1. The molecule has 0 saturated carbocycles. The van der Waals surface area contributed by atoms with Crippen LogP contribution in [-0.2, 0) is 5.41 Å². The van der Waals surface area contributed by atoms with Gasteiger partial charge in [-0.1, -0.05) is 179 Å². The lowest BCUT2D eigenvalue weighted by Crippen LogP contribution is -2.29. The predicted molar refractivity (Wildman–Crippen MR) is 211 cm³/mol. The molecule has 0 radical (unpaired) electrons. The zero-order valence-corrected chi connectivity index (χ0v) is 31.4. The Kier molecular flexibility index (Phi) is 8.17. The molecule has 0 bridgehead atoms. The van der Waals surface area contributed by atoms with E-state index in [1.54, 1.807) is 0 Å². The maximum absolute atomic E-state index is 3.85. The molecule has 0 amide bonds. The van der Waals surface area contributed by atoms with Gasteiger partial charge in [0.05, 0.1) is 5.41 Å². The molecule has 7 aromatic rings. The minimum atomic E-state index is -0.619. The summed E-state index contributed by atoms with van der Waals surface area (Å²) >= 11 is 15.4. The van der Waals surface area contributed by atoms with Crippen molar-refractivity contribution in [2.24, 2.45) is 0 Å². The fourth-order valence-electron chi connectivity index (χ4n) is 7.32. The first-order valence-electron chi connectivity index (χ1n) is 15.4. The quantitative estimate of drug-likeness (QED) is 0.162. The van der Waals surface area contributed by atoms with Gasteiger partial charge in [-0.2, -0.15) is 0 Å². The molecule has 226 valence electrons. The van der Waals surface area contributed by atoms with Crippen LogP contribution >= 0.6 is 63.7 Å². The zero-order chi connectivity index (χ0) is 32.1. The van der Waals surface area contributed by atoms with Gasteiger partial charge in [-0.05, 0) is 109 Å². The van der Waals surface area contributed by atoms with E-state index in [2.05, 4.69) is 221 Å². The number of rotatable bonds is 5. The standard InChI is InChI=1S/C43H26Br4/c44-32-21-30(22-33(45)25-32)43(31-23-34(46)26-35(47)24-31)40-17-9-16-38(37-15-8-7-14-36(37)28-12-5-2-6-13-28)42(40)39-19-18-29(20-41(39)43)27-10-3-1-4-11-27/h1-26H. The molecule has 0 N–H and O–H groups in total. The first kappa shape index (κ1) is 30.8. The van der Waals surface area contributed by atoms with E-state index < -0.39 is 5.41 Å². The topological polar surface area (TPSA) is 0 Å². The second-order valence-electron chi connectivity index (χ2n) is 11.8. The zero-order valence-electron chi connectivity index (χ0n) is 25.0. The highest BCUT2D eigenvalue weighted by atomic mass is 79.9. The van der Waals surface area contributed by atoms with Gasteiger partial charge in [0.1, 0.15) is 0 Å². The third-order valence-corrected chi connectivity index (χ3v) is 11.0. The van der Waals surface area contributed by atoms with E-state index in [4.69, 9.17) is 0 Å². The van der Waals surface area contributed by atoms with Crippen LogP contribution in [0, 0.1) is 0 Å². The van der Waals surface area contributed by atoms with Crippen molar-refractivity contribution in [1.82, 2.24) is 0 Å². The van der Waals surface area contributed by atoms with Crippen LogP contribution in [-0.4, -0.2) is 0 Å². The van der Waals surface area contributed by atoms with Gasteiger partial charge in [-0.25, -0.2) is 0 Å². The predicted octanol–water partition coefficient (Wildman–Crippen LogP) is 14.1. The van der Waals surface area contributed by atoms with Gasteiger partial charge in [-0.15, -0.1) is 0 Å². The van der Waals surface area contributed by atoms with Crippen molar-refractivity contribution >= 4 is 63.7 Å². The molecule has 0 atom stereocenters. The van der Waals surface area contributed by atoms with E-state index in [0.717, 1.165) is 17.9 Å². The van der Waals surface area contributed by atoms with Gasteiger partial charge in [0, 0.05) is 17.9 Å². The third-order valence-electron chi connectivity index (χ3n) is 9.16. The lowest BCUT2D eigenvalue weighted by atomic mass is 9.67. The summed E-state index contributed by atoms with van der Waals surface area (Å²) in [5.74, 6) is 0. The van der Waals surface area contributed by atoms with Crippen LogP contribution in [0.5, 0.6) is 0 Å². The van der Waals surface area contributed by atoms with Crippen molar-refractivity contribution in [3.63, 3.8) is 0 Å². The molecule has 0 aliphatic heterocycles. The molecule has 47 heavy (non-hydrogen) atoms. The molecule has 1 aliphatic rings. The molecule has 0 fully saturated rings. The first-order chi connectivity index (χ1) is 22.9. The summed E-state index contributed by atoms with van der Waals surface area (Å²) in [5.41, 5.74) is 14.0. The van der Waals surface area contributed by atoms with Crippen LogP contribution in [0.2, 0.25) is 0 Å². The Morgan fingerprint density at radius 3 is 1.43 bits per heavy atom.